The van der Waals surface area contributed by atoms with Crippen LogP contribution in [-0.2, 0) is 15.1 Å². The normalized spacial score (nSPS) is 21.7. The highest BCUT2D eigenvalue weighted by Crippen LogP contribution is 2.42. The van der Waals surface area contributed by atoms with Crippen molar-refractivity contribution in [1.29, 1.82) is 0 Å². The van der Waals surface area contributed by atoms with Gasteiger partial charge in [0.2, 0.25) is 0 Å². The smallest absolute Gasteiger partial charge is 0.411 e. The van der Waals surface area contributed by atoms with E-state index >= 15 is 0 Å². The quantitative estimate of drug-likeness (QED) is 0.442. The van der Waals surface area contributed by atoms with E-state index in [-0.39, 0.29) is 12.1 Å². The summed E-state index contributed by atoms with van der Waals surface area (Å²) < 4.78 is 11.0. The maximum Gasteiger partial charge on any atom is 0.411 e. The molecule has 2 N–H and O–H groups in total. The molecular formula is C32H40N2O5. The highest BCUT2D eigenvalue weighted by Gasteiger charge is 2.46. The van der Waals surface area contributed by atoms with Gasteiger partial charge in [-0.15, -0.1) is 0 Å². The van der Waals surface area contributed by atoms with Gasteiger partial charge in [0.15, 0.2) is 0 Å². The number of hydrogen-bond acceptors (Lipinski definition) is 5. The maximum absolute atomic E-state index is 13.3. The van der Waals surface area contributed by atoms with Gasteiger partial charge in [0.05, 0.1) is 18.8 Å². The molecule has 1 saturated heterocycles. The van der Waals surface area contributed by atoms with Crippen molar-refractivity contribution in [1.82, 2.24) is 10.2 Å². The predicted octanol–water partition coefficient (Wildman–Crippen LogP) is 6.06. The van der Waals surface area contributed by atoms with Crippen molar-refractivity contribution >= 4 is 12.2 Å². The molecule has 7 nitrogen and oxygen atoms in total. The van der Waals surface area contributed by atoms with E-state index in [0.717, 1.165) is 48.8 Å². The van der Waals surface area contributed by atoms with Crippen molar-refractivity contribution in [3.8, 4) is 11.8 Å². The molecular weight excluding hydrogens is 492 g/mol. The van der Waals surface area contributed by atoms with Crippen LogP contribution in [0.5, 0.6) is 0 Å². The summed E-state index contributed by atoms with van der Waals surface area (Å²) >= 11 is 0. The molecule has 1 aliphatic heterocycles. The number of nitrogens with zero attached hydrogens (tertiary/aromatic N) is 1. The van der Waals surface area contributed by atoms with E-state index < -0.39 is 22.8 Å². The number of rotatable bonds is 6. The number of carbonyl (C=O) groups excluding carboxylic acids is 2. The topological polar surface area (TPSA) is 88.1 Å². The molecule has 1 unspecified atom stereocenters. The number of amides is 2. The van der Waals surface area contributed by atoms with E-state index in [4.69, 9.17) is 9.47 Å². The molecule has 2 amide bonds. The molecule has 4 rings (SSSR count). The second-order valence-electron chi connectivity index (χ2n) is 11.5. The molecule has 0 aromatic heterocycles. The number of cyclic esters (lactones) is 1. The second kappa shape index (κ2) is 11.7. The number of nitrogens with one attached hydrogen (secondary N) is 1. The summed E-state index contributed by atoms with van der Waals surface area (Å²) in [6.45, 7) is 5.98. The van der Waals surface area contributed by atoms with Crippen LogP contribution in [0.1, 0.15) is 88.4 Å². The molecule has 2 atom stereocenters. The Morgan fingerprint density at radius 1 is 1.10 bits per heavy atom. The number of methoxy groups -OCH3 is 1. The van der Waals surface area contributed by atoms with Crippen LogP contribution in [0.3, 0.4) is 0 Å². The van der Waals surface area contributed by atoms with E-state index in [9.17, 15) is 14.7 Å². The Morgan fingerprint density at radius 2 is 1.77 bits per heavy atom. The Bertz CT molecular complexity index is 1200. The van der Waals surface area contributed by atoms with Gasteiger partial charge in [0, 0.05) is 24.9 Å². The lowest BCUT2D eigenvalue weighted by Crippen LogP contribution is -2.51. The first kappa shape index (κ1) is 28.5. The van der Waals surface area contributed by atoms with Crippen LogP contribution < -0.4 is 5.32 Å². The van der Waals surface area contributed by atoms with Crippen molar-refractivity contribution in [3.63, 3.8) is 0 Å². The summed E-state index contributed by atoms with van der Waals surface area (Å²) in [5.41, 5.74) is 0.282. The third-order valence-corrected chi connectivity index (χ3v) is 7.83. The Balaban J connectivity index is 1.48. The van der Waals surface area contributed by atoms with Crippen LogP contribution in [0.25, 0.3) is 0 Å². The zero-order chi connectivity index (χ0) is 28.1. The predicted molar refractivity (Wildman–Crippen MR) is 150 cm³/mol. The SMILES string of the molecule is COC(=O)NC1(C#Cc2ccc([C@H](C)N3CCC(CC(C)(C)O)(c4ccccc4)OC3=O)cc2)CCCCC1. The standard InChI is InChI=1S/C32H40N2O5/c1-24(34-22-21-32(39-29(34)36,23-30(2,3)37)27-11-7-5-8-12-27)26-15-13-25(14-16-26)17-20-31(33-28(35)38-4)18-9-6-10-19-31/h5,7-8,11-16,24,37H,6,9-10,18-19,21-23H2,1-4H3,(H,33,35)/t24-,32?/m0/s1. The van der Waals surface area contributed by atoms with E-state index in [1.165, 1.54) is 7.11 Å². The van der Waals surface area contributed by atoms with Crippen molar-refractivity contribution in [2.75, 3.05) is 13.7 Å². The zero-order valence-corrected chi connectivity index (χ0v) is 23.5. The monoisotopic (exact) mass is 532 g/mol. The van der Waals surface area contributed by atoms with Gasteiger partial charge in [-0.25, -0.2) is 9.59 Å². The van der Waals surface area contributed by atoms with Crippen LogP contribution in [0, 0.1) is 11.8 Å². The van der Waals surface area contributed by atoms with Gasteiger partial charge in [0.25, 0.3) is 0 Å². The molecule has 2 aliphatic rings. The molecule has 2 aromatic rings. The van der Waals surface area contributed by atoms with Crippen LogP contribution in [-0.4, -0.2) is 47.0 Å². The Morgan fingerprint density at radius 3 is 2.36 bits per heavy atom. The minimum absolute atomic E-state index is 0.193. The van der Waals surface area contributed by atoms with Crippen LogP contribution in [0.2, 0.25) is 0 Å². The summed E-state index contributed by atoms with van der Waals surface area (Å²) in [4.78, 5) is 27.0. The molecule has 2 fully saturated rings. The summed E-state index contributed by atoms with van der Waals surface area (Å²) in [6, 6.07) is 17.4. The molecule has 39 heavy (non-hydrogen) atoms. The summed E-state index contributed by atoms with van der Waals surface area (Å²) in [7, 11) is 1.37. The van der Waals surface area contributed by atoms with Crippen LogP contribution in [0.15, 0.2) is 54.6 Å². The van der Waals surface area contributed by atoms with Gasteiger partial charge in [-0.3, -0.25) is 0 Å². The third-order valence-electron chi connectivity index (χ3n) is 7.83. The average molecular weight is 533 g/mol. The van der Waals surface area contributed by atoms with Crippen molar-refractivity contribution in [3.05, 3.63) is 71.3 Å². The number of alkyl carbamates (subject to hydrolysis) is 1. The number of hydrogen-bond donors (Lipinski definition) is 2. The average Bonchev–Trinajstić information content (AvgIpc) is 2.92. The van der Waals surface area contributed by atoms with Gasteiger partial charge < -0.3 is 24.8 Å². The lowest BCUT2D eigenvalue weighted by Gasteiger charge is -2.45. The van der Waals surface area contributed by atoms with Crippen molar-refractivity contribution < 1.29 is 24.2 Å². The first-order chi connectivity index (χ1) is 18.5. The Hall–Kier alpha value is -3.50. The lowest BCUT2D eigenvalue weighted by atomic mass is 9.80. The minimum Gasteiger partial charge on any atom is -0.453 e. The van der Waals surface area contributed by atoms with Gasteiger partial charge in [-0.2, -0.15) is 0 Å². The highest BCUT2D eigenvalue weighted by atomic mass is 16.6. The fourth-order valence-electron chi connectivity index (χ4n) is 5.79. The number of carbonyl (C=O) groups is 2. The maximum atomic E-state index is 13.3. The number of ether oxygens (including phenoxy) is 2. The van der Waals surface area contributed by atoms with Gasteiger partial charge in [0.1, 0.15) is 11.1 Å². The van der Waals surface area contributed by atoms with Gasteiger partial charge >= 0.3 is 12.2 Å². The molecule has 1 heterocycles. The number of benzene rings is 2. The first-order valence-corrected chi connectivity index (χ1v) is 13.8. The Labute approximate surface area is 231 Å². The number of aliphatic hydroxyl groups is 1. The molecule has 0 bridgehead atoms. The molecule has 1 saturated carbocycles. The molecule has 0 spiro atoms. The fourth-order valence-corrected chi connectivity index (χ4v) is 5.79. The molecule has 0 radical (unpaired) electrons. The summed E-state index contributed by atoms with van der Waals surface area (Å²) in [6.07, 6.45) is 4.83. The first-order valence-electron chi connectivity index (χ1n) is 13.8. The van der Waals surface area contributed by atoms with E-state index in [1.807, 2.05) is 61.5 Å². The highest BCUT2D eigenvalue weighted by molar-refractivity contribution is 5.70. The minimum atomic E-state index is -0.997. The van der Waals surface area contributed by atoms with Crippen molar-refractivity contribution in [2.24, 2.45) is 0 Å². The largest absolute Gasteiger partial charge is 0.453 e. The molecule has 7 heteroatoms. The zero-order valence-electron chi connectivity index (χ0n) is 23.5. The molecule has 208 valence electrons. The Kier molecular flexibility index (Phi) is 8.56. The van der Waals surface area contributed by atoms with Crippen molar-refractivity contribution in [2.45, 2.75) is 88.5 Å². The van der Waals surface area contributed by atoms with Crippen LogP contribution >= 0.6 is 0 Å². The fraction of sp³-hybridized carbons (Fsp3) is 0.500. The second-order valence-corrected chi connectivity index (χ2v) is 11.5. The van der Waals surface area contributed by atoms with Crippen LogP contribution in [0.4, 0.5) is 9.59 Å². The lowest BCUT2D eigenvalue weighted by molar-refractivity contribution is -0.101. The summed E-state index contributed by atoms with van der Waals surface area (Å²) in [5, 5.41) is 13.6. The van der Waals surface area contributed by atoms with Gasteiger partial charge in [-0.1, -0.05) is 73.6 Å². The van der Waals surface area contributed by atoms with E-state index in [2.05, 4.69) is 17.2 Å². The summed E-state index contributed by atoms with van der Waals surface area (Å²) in [5.74, 6) is 6.55. The third kappa shape index (κ3) is 6.93. The molecule has 2 aromatic carbocycles. The van der Waals surface area contributed by atoms with Gasteiger partial charge in [-0.05, 0) is 56.9 Å². The molecule has 1 aliphatic carbocycles. The van der Waals surface area contributed by atoms with E-state index in [1.54, 1.807) is 18.7 Å². The van der Waals surface area contributed by atoms with E-state index in [0.29, 0.717) is 19.4 Å².